The van der Waals surface area contributed by atoms with E-state index in [1.165, 1.54) is 11.8 Å². The number of benzene rings is 3. The second kappa shape index (κ2) is 14.5. The lowest BCUT2D eigenvalue weighted by molar-refractivity contribution is -0.139. The Kier molecular flexibility index (Phi) is 11.4. The molecule has 190 valence electrons. The molecule has 4 nitrogen and oxygen atoms in total. The van der Waals surface area contributed by atoms with Gasteiger partial charge in [0.05, 0.1) is 5.75 Å². The first kappa shape index (κ1) is 28.3. The molecule has 0 aliphatic heterocycles. The fourth-order valence-electron chi connectivity index (χ4n) is 3.73. The zero-order valence-electron chi connectivity index (χ0n) is 20.6. The molecule has 3 aromatic carbocycles. The van der Waals surface area contributed by atoms with Gasteiger partial charge in [0.25, 0.3) is 0 Å². The van der Waals surface area contributed by atoms with Gasteiger partial charge in [-0.05, 0) is 46.9 Å². The number of carbonyl (C=O) groups is 2. The highest BCUT2D eigenvalue weighted by Gasteiger charge is 2.30. The standard InChI is InChI=1S/C29H32BrClN2O2S/c1-21(2)17-32-29(35)27(16-22-7-4-3-5-8-22)33(18-23-11-13-25(30)14-12-23)28(34)20-36-19-24-9-6-10-26(31)15-24/h3-15,21,27H,16-20H2,1-2H3,(H,32,35). The molecule has 7 heteroatoms. The molecule has 3 aromatic rings. The van der Waals surface area contributed by atoms with Crippen molar-refractivity contribution in [3.63, 3.8) is 0 Å². The van der Waals surface area contributed by atoms with Gasteiger partial charge in [0.2, 0.25) is 11.8 Å². The van der Waals surface area contributed by atoms with Gasteiger partial charge in [0.1, 0.15) is 6.04 Å². The summed E-state index contributed by atoms with van der Waals surface area (Å²) in [4.78, 5) is 28.8. The van der Waals surface area contributed by atoms with Crippen molar-refractivity contribution in [1.82, 2.24) is 10.2 Å². The number of nitrogens with zero attached hydrogens (tertiary/aromatic N) is 1. The van der Waals surface area contributed by atoms with Crippen molar-refractivity contribution in [2.45, 2.75) is 38.6 Å². The second-order valence-corrected chi connectivity index (χ2v) is 11.5. The van der Waals surface area contributed by atoms with E-state index in [0.29, 0.717) is 36.2 Å². The predicted octanol–water partition coefficient (Wildman–Crippen LogP) is 6.75. The maximum absolute atomic E-state index is 13.6. The molecule has 0 spiro atoms. The van der Waals surface area contributed by atoms with Crippen molar-refractivity contribution >= 4 is 51.1 Å². The summed E-state index contributed by atoms with van der Waals surface area (Å²) in [7, 11) is 0. The molecule has 0 heterocycles. The first-order valence-electron chi connectivity index (χ1n) is 12.0. The van der Waals surface area contributed by atoms with Crippen molar-refractivity contribution in [3.8, 4) is 0 Å². The molecule has 0 aliphatic rings. The molecular formula is C29H32BrClN2O2S. The molecule has 1 N–H and O–H groups in total. The fraction of sp³-hybridized carbons (Fsp3) is 0.310. The SMILES string of the molecule is CC(C)CNC(=O)C(Cc1ccccc1)N(Cc1ccc(Br)cc1)C(=O)CSCc1cccc(Cl)c1. The monoisotopic (exact) mass is 586 g/mol. The topological polar surface area (TPSA) is 49.4 Å². The minimum atomic E-state index is -0.617. The Morgan fingerprint density at radius 2 is 1.64 bits per heavy atom. The van der Waals surface area contributed by atoms with Crippen LogP contribution in [0.3, 0.4) is 0 Å². The van der Waals surface area contributed by atoms with Gasteiger partial charge >= 0.3 is 0 Å². The van der Waals surface area contributed by atoms with Crippen LogP contribution in [0.15, 0.2) is 83.3 Å². The van der Waals surface area contributed by atoms with Crippen LogP contribution in [0, 0.1) is 5.92 Å². The molecule has 0 aromatic heterocycles. The Morgan fingerprint density at radius 1 is 0.944 bits per heavy atom. The lowest BCUT2D eigenvalue weighted by atomic mass is 10.0. The van der Waals surface area contributed by atoms with E-state index in [2.05, 4.69) is 35.1 Å². The number of rotatable bonds is 12. The summed E-state index contributed by atoms with van der Waals surface area (Å²) >= 11 is 11.1. The quantitative estimate of drug-likeness (QED) is 0.255. The zero-order chi connectivity index (χ0) is 25.9. The highest BCUT2D eigenvalue weighted by Crippen LogP contribution is 2.21. The van der Waals surface area contributed by atoms with E-state index in [9.17, 15) is 9.59 Å². The van der Waals surface area contributed by atoms with Gasteiger partial charge in [0.15, 0.2) is 0 Å². The van der Waals surface area contributed by atoms with Crippen molar-refractivity contribution in [3.05, 3.63) is 105 Å². The van der Waals surface area contributed by atoms with Crippen LogP contribution in [-0.4, -0.2) is 35.1 Å². The average Bonchev–Trinajstić information content (AvgIpc) is 2.86. The zero-order valence-corrected chi connectivity index (χ0v) is 23.8. The van der Waals surface area contributed by atoms with E-state index in [0.717, 1.165) is 21.2 Å². The summed E-state index contributed by atoms with van der Waals surface area (Å²) in [5.41, 5.74) is 3.05. The number of halogens is 2. The Morgan fingerprint density at radius 3 is 2.31 bits per heavy atom. The number of thioether (sulfide) groups is 1. The molecule has 0 bridgehead atoms. The van der Waals surface area contributed by atoms with E-state index in [4.69, 9.17) is 11.6 Å². The van der Waals surface area contributed by atoms with Crippen LogP contribution in [0.25, 0.3) is 0 Å². The van der Waals surface area contributed by atoms with Crippen molar-refractivity contribution in [2.24, 2.45) is 5.92 Å². The van der Waals surface area contributed by atoms with Crippen LogP contribution >= 0.6 is 39.3 Å². The number of carbonyl (C=O) groups excluding carboxylic acids is 2. The van der Waals surface area contributed by atoms with Gasteiger partial charge < -0.3 is 10.2 Å². The minimum Gasteiger partial charge on any atom is -0.354 e. The first-order valence-corrected chi connectivity index (χ1v) is 14.3. The van der Waals surface area contributed by atoms with E-state index in [1.807, 2.05) is 78.9 Å². The number of amides is 2. The molecule has 0 saturated carbocycles. The van der Waals surface area contributed by atoms with E-state index in [-0.39, 0.29) is 17.6 Å². The van der Waals surface area contributed by atoms with Crippen LogP contribution in [0.4, 0.5) is 0 Å². The molecule has 2 amide bonds. The lowest BCUT2D eigenvalue weighted by Crippen LogP contribution is -2.51. The summed E-state index contributed by atoms with van der Waals surface area (Å²) in [5.74, 6) is 1.06. The number of nitrogens with one attached hydrogen (secondary N) is 1. The third kappa shape index (κ3) is 9.30. The largest absolute Gasteiger partial charge is 0.354 e. The summed E-state index contributed by atoms with van der Waals surface area (Å²) < 4.78 is 0.969. The maximum atomic E-state index is 13.6. The van der Waals surface area contributed by atoms with Crippen molar-refractivity contribution in [2.75, 3.05) is 12.3 Å². The predicted molar refractivity (Wildman–Crippen MR) is 154 cm³/mol. The van der Waals surface area contributed by atoms with Crippen LogP contribution in [-0.2, 0) is 28.3 Å². The molecule has 0 fully saturated rings. The van der Waals surface area contributed by atoms with Gasteiger partial charge in [-0.25, -0.2) is 0 Å². The highest BCUT2D eigenvalue weighted by atomic mass is 79.9. The molecule has 1 unspecified atom stereocenters. The normalized spacial score (nSPS) is 11.8. The van der Waals surface area contributed by atoms with Crippen molar-refractivity contribution in [1.29, 1.82) is 0 Å². The summed E-state index contributed by atoms with van der Waals surface area (Å²) in [5, 5.41) is 3.74. The number of hydrogen-bond acceptors (Lipinski definition) is 3. The van der Waals surface area contributed by atoms with Crippen LogP contribution in [0.5, 0.6) is 0 Å². The fourth-order valence-corrected chi connectivity index (χ4v) is 5.06. The lowest BCUT2D eigenvalue weighted by Gasteiger charge is -2.32. The van der Waals surface area contributed by atoms with Crippen molar-refractivity contribution < 1.29 is 9.59 Å². The summed E-state index contributed by atoms with van der Waals surface area (Å²) in [6, 6.07) is 24.8. The Bertz CT molecular complexity index is 1130. The Hall–Kier alpha value is -2.28. The Balaban J connectivity index is 1.83. The maximum Gasteiger partial charge on any atom is 0.243 e. The smallest absolute Gasteiger partial charge is 0.243 e. The molecule has 36 heavy (non-hydrogen) atoms. The third-order valence-corrected chi connectivity index (χ3v) is 7.36. The average molecular weight is 588 g/mol. The molecule has 0 saturated heterocycles. The van der Waals surface area contributed by atoms with Crippen LogP contribution in [0.2, 0.25) is 5.02 Å². The highest BCUT2D eigenvalue weighted by molar-refractivity contribution is 9.10. The van der Waals surface area contributed by atoms with Gasteiger partial charge in [-0.2, -0.15) is 0 Å². The Labute approximate surface area is 231 Å². The second-order valence-electron chi connectivity index (χ2n) is 9.12. The third-order valence-electron chi connectivity index (χ3n) is 5.61. The van der Waals surface area contributed by atoms with Gasteiger partial charge in [-0.3, -0.25) is 9.59 Å². The summed E-state index contributed by atoms with van der Waals surface area (Å²) in [6.45, 7) is 5.04. The molecule has 0 aliphatic carbocycles. The minimum absolute atomic E-state index is 0.0643. The number of hydrogen-bond donors (Lipinski definition) is 1. The first-order chi connectivity index (χ1) is 17.3. The van der Waals surface area contributed by atoms with E-state index >= 15 is 0 Å². The van der Waals surface area contributed by atoms with Crippen LogP contribution in [0.1, 0.15) is 30.5 Å². The van der Waals surface area contributed by atoms with E-state index < -0.39 is 6.04 Å². The molecule has 1 atom stereocenters. The van der Waals surface area contributed by atoms with E-state index in [1.54, 1.807) is 4.90 Å². The van der Waals surface area contributed by atoms with Gasteiger partial charge in [0, 0.05) is 34.8 Å². The molecule has 0 radical (unpaired) electrons. The molecular weight excluding hydrogens is 556 g/mol. The van der Waals surface area contributed by atoms with Crippen LogP contribution < -0.4 is 5.32 Å². The van der Waals surface area contributed by atoms with Gasteiger partial charge in [-0.15, -0.1) is 11.8 Å². The molecule has 3 rings (SSSR count). The van der Waals surface area contributed by atoms with Gasteiger partial charge in [-0.1, -0.05) is 96.0 Å². The summed E-state index contributed by atoms with van der Waals surface area (Å²) in [6.07, 6.45) is 0.450.